The fourth-order valence-electron chi connectivity index (χ4n) is 3.13. The summed E-state index contributed by atoms with van der Waals surface area (Å²) < 4.78 is 41.8. The second-order valence-electron chi connectivity index (χ2n) is 7.45. The Balaban J connectivity index is 1.76. The van der Waals surface area contributed by atoms with E-state index in [4.69, 9.17) is 5.73 Å². The lowest BCUT2D eigenvalue weighted by molar-refractivity contribution is 0.0992. The third kappa shape index (κ3) is 6.17. The zero-order valence-electron chi connectivity index (χ0n) is 18.0. The van der Waals surface area contributed by atoms with E-state index in [1.807, 2.05) is 12.1 Å². The number of rotatable bonds is 9. The van der Waals surface area contributed by atoms with Crippen molar-refractivity contribution in [3.8, 4) is 0 Å². The topological polar surface area (TPSA) is 118 Å². The van der Waals surface area contributed by atoms with Crippen molar-refractivity contribution < 1.29 is 22.4 Å². The minimum Gasteiger partial charge on any atom is -0.366 e. The molecule has 9 heteroatoms. The molecule has 0 saturated carbocycles. The van der Waals surface area contributed by atoms with E-state index in [0.29, 0.717) is 5.69 Å². The molecule has 0 aromatic heterocycles. The van der Waals surface area contributed by atoms with E-state index in [0.717, 1.165) is 37.0 Å². The van der Waals surface area contributed by atoms with Gasteiger partial charge >= 0.3 is 0 Å². The Morgan fingerprint density at radius 3 is 2.33 bits per heavy atom. The van der Waals surface area contributed by atoms with Crippen LogP contribution < -0.4 is 15.8 Å². The van der Waals surface area contributed by atoms with Crippen LogP contribution in [-0.2, 0) is 16.4 Å². The largest absolute Gasteiger partial charge is 0.366 e. The molecule has 3 aromatic rings. The first-order valence-corrected chi connectivity index (χ1v) is 11.8. The Kier molecular flexibility index (Phi) is 7.44. The molecule has 0 spiro atoms. The summed E-state index contributed by atoms with van der Waals surface area (Å²) in [4.78, 5) is 23.8. The number of carbonyl (C=O) groups is 2. The van der Waals surface area contributed by atoms with Gasteiger partial charge in [-0.05, 0) is 66.9 Å². The van der Waals surface area contributed by atoms with Crippen molar-refractivity contribution in [1.82, 2.24) is 0 Å². The number of hydrogen-bond acceptors (Lipinski definition) is 4. The molecular weight excluding hydrogens is 445 g/mol. The summed E-state index contributed by atoms with van der Waals surface area (Å²) in [5.74, 6) is -2.41. The van der Waals surface area contributed by atoms with Gasteiger partial charge < -0.3 is 11.1 Å². The SMILES string of the molecule is CCCCc1ccc(NS(=O)(=O)c2cccc(C(=O)Nc3ccc(F)c(C(N)=O)c3)c2)cc1. The summed E-state index contributed by atoms with van der Waals surface area (Å²) in [6.45, 7) is 2.11. The lowest BCUT2D eigenvalue weighted by Crippen LogP contribution is -2.17. The van der Waals surface area contributed by atoms with Gasteiger partial charge in [-0.2, -0.15) is 0 Å². The maximum atomic E-state index is 13.6. The van der Waals surface area contributed by atoms with Crippen LogP contribution in [-0.4, -0.2) is 20.2 Å². The van der Waals surface area contributed by atoms with Gasteiger partial charge in [0.25, 0.3) is 21.8 Å². The predicted octanol–water partition coefficient (Wildman–Crippen LogP) is 4.32. The van der Waals surface area contributed by atoms with Crippen molar-refractivity contribution >= 4 is 33.2 Å². The minimum atomic E-state index is -3.94. The molecule has 0 atom stereocenters. The zero-order chi connectivity index (χ0) is 24.0. The number of sulfonamides is 1. The lowest BCUT2D eigenvalue weighted by atomic mass is 10.1. The Hall–Kier alpha value is -3.72. The number of nitrogens with one attached hydrogen (secondary N) is 2. The minimum absolute atomic E-state index is 0.0674. The molecule has 7 nitrogen and oxygen atoms in total. The third-order valence-electron chi connectivity index (χ3n) is 4.92. The first-order chi connectivity index (χ1) is 15.7. The van der Waals surface area contributed by atoms with E-state index in [9.17, 15) is 22.4 Å². The smallest absolute Gasteiger partial charge is 0.261 e. The first-order valence-electron chi connectivity index (χ1n) is 10.3. The number of carbonyl (C=O) groups excluding carboxylic acids is 2. The molecule has 4 N–H and O–H groups in total. The van der Waals surface area contributed by atoms with E-state index < -0.39 is 27.7 Å². The van der Waals surface area contributed by atoms with Gasteiger partial charge in [0.15, 0.2) is 0 Å². The molecule has 33 heavy (non-hydrogen) atoms. The number of amides is 2. The monoisotopic (exact) mass is 469 g/mol. The third-order valence-corrected chi connectivity index (χ3v) is 6.30. The van der Waals surface area contributed by atoms with Crippen molar-refractivity contribution in [3.05, 3.63) is 89.2 Å². The fraction of sp³-hybridized carbons (Fsp3) is 0.167. The maximum absolute atomic E-state index is 13.6. The van der Waals surface area contributed by atoms with Crippen LogP contribution in [0.3, 0.4) is 0 Å². The van der Waals surface area contributed by atoms with Gasteiger partial charge in [0.1, 0.15) is 5.82 Å². The number of halogens is 1. The molecule has 0 aliphatic heterocycles. The Labute approximate surface area is 191 Å². The molecule has 2 amide bonds. The number of benzene rings is 3. The van der Waals surface area contributed by atoms with Crippen molar-refractivity contribution in [2.24, 2.45) is 5.73 Å². The zero-order valence-corrected chi connectivity index (χ0v) is 18.8. The van der Waals surface area contributed by atoms with Crippen molar-refractivity contribution in [3.63, 3.8) is 0 Å². The van der Waals surface area contributed by atoms with E-state index in [1.165, 1.54) is 30.3 Å². The van der Waals surface area contributed by atoms with Crippen LogP contribution in [0.5, 0.6) is 0 Å². The highest BCUT2D eigenvalue weighted by Gasteiger charge is 2.17. The van der Waals surface area contributed by atoms with E-state index >= 15 is 0 Å². The second-order valence-corrected chi connectivity index (χ2v) is 9.13. The second kappa shape index (κ2) is 10.3. The number of anilines is 2. The van der Waals surface area contributed by atoms with Crippen molar-refractivity contribution in [2.45, 2.75) is 31.1 Å². The molecule has 3 rings (SSSR count). The van der Waals surface area contributed by atoms with E-state index in [1.54, 1.807) is 12.1 Å². The molecule has 0 saturated heterocycles. The van der Waals surface area contributed by atoms with Crippen LogP contribution in [0.1, 0.15) is 46.0 Å². The maximum Gasteiger partial charge on any atom is 0.261 e. The van der Waals surface area contributed by atoms with Crippen LogP contribution in [0, 0.1) is 5.82 Å². The molecule has 3 aromatic carbocycles. The Morgan fingerprint density at radius 1 is 0.970 bits per heavy atom. The van der Waals surface area contributed by atoms with Crippen LogP contribution in [0.4, 0.5) is 15.8 Å². The normalized spacial score (nSPS) is 11.1. The fourth-order valence-corrected chi connectivity index (χ4v) is 4.24. The Morgan fingerprint density at radius 2 is 1.67 bits per heavy atom. The number of hydrogen-bond donors (Lipinski definition) is 3. The van der Waals surface area contributed by atoms with E-state index in [-0.39, 0.29) is 21.7 Å². The highest BCUT2D eigenvalue weighted by Crippen LogP contribution is 2.20. The van der Waals surface area contributed by atoms with Gasteiger partial charge in [-0.3, -0.25) is 14.3 Å². The molecule has 0 aliphatic carbocycles. The van der Waals surface area contributed by atoms with Gasteiger partial charge in [-0.1, -0.05) is 31.5 Å². The van der Waals surface area contributed by atoms with Crippen LogP contribution in [0.2, 0.25) is 0 Å². The van der Waals surface area contributed by atoms with Gasteiger partial charge in [0.05, 0.1) is 10.5 Å². The van der Waals surface area contributed by atoms with Crippen molar-refractivity contribution in [2.75, 3.05) is 10.0 Å². The van der Waals surface area contributed by atoms with Crippen LogP contribution >= 0.6 is 0 Å². The summed E-state index contributed by atoms with van der Waals surface area (Å²) in [7, 11) is -3.94. The van der Waals surface area contributed by atoms with Crippen LogP contribution in [0.25, 0.3) is 0 Å². The molecule has 0 heterocycles. The molecular formula is C24H24FN3O4S. The highest BCUT2D eigenvalue weighted by molar-refractivity contribution is 7.92. The predicted molar refractivity (Wildman–Crippen MR) is 125 cm³/mol. The molecule has 0 fully saturated rings. The summed E-state index contributed by atoms with van der Waals surface area (Å²) in [6.07, 6.45) is 3.06. The highest BCUT2D eigenvalue weighted by atomic mass is 32.2. The quantitative estimate of drug-likeness (QED) is 0.432. The summed E-state index contributed by atoms with van der Waals surface area (Å²) in [5, 5.41) is 2.50. The van der Waals surface area contributed by atoms with Crippen LogP contribution in [0.15, 0.2) is 71.6 Å². The van der Waals surface area contributed by atoms with E-state index in [2.05, 4.69) is 17.0 Å². The summed E-state index contributed by atoms with van der Waals surface area (Å²) >= 11 is 0. The number of nitrogens with two attached hydrogens (primary N) is 1. The Bertz CT molecular complexity index is 1280. The average molecular weight is 470 g/mol. The number of unbranched alkanes of at least 4 members (excludes halogenated alkanes) is 1. The van der Waals surface area contributed by atoms with Gasteiger partial charge in [0, 0.05) is 16.9 Å². The standard InChI is InChI=1S/C24H24FN3O4S/c1-2-3-5-16-8-10-18(11-9-16)28-33(31,32)20-7-4-6-17(14-20)24(30)27-19-12-13-22(25)21(15-19)23(26)29/h4,6-15,28H,2-3,5H2,1H3,(H2,26,29)(H,27,30). The first kappa shape index (κ1) is 23.9. The molecule has 0 bridgehead atoms. The molecule has 0 unspecified atom stereocenters. The number of primary amides is 1. The van der Waals surface area contributed by atoms with Gasteiger partial charge in [0.2, 0.25) is 0 Å². The van der Waals surface area contributed by atoms with Crippen molar-refractivity contribution in [1.29, 1.82) is 0 Å². The van der Waals surface area contributed by atoms with Gasteiger partial charge in [-0.15, -0.1) is 0 Å². The molecule has 0 aliphatic rings. The summed E-state index contributed by atoms with van der Waals surface area (Å²) in [5.41, 5.74) is 6.50. The average Bonchev–Trinajstić information content (AvgIpc) is 2.79. The molecule has 0 radical (unpaired) electrons. The molecule has 172 valence electrons. The van der Waals surface area contributed by atoms with Gasteiger partial charge in [-0.25, -0.2) is 12.8 Å². The number of aryl methyl sites for hydroxylation is 1. The summed E-state index contributed by atoms with van der Waals surface area (Å²) in [6, 6.07) is 16.0. The lowest BCUT2D eigenvalue weighted by Gasteiger charge is -2.11.